The van der Waals surface area contributed by atoms with Crippen LogP contribution in [-0.2, 0) is 11.3 Å². The molecule has 2 N–H and O–H groups in total. The van der Waals surface area contributed by atoms with Crippen LogP contribution in [0.4, 0.5) is 0 Å². The lowest BCUT2D eigenvalue weighted by molar-refractivity contribution is 0.00317. The standard InChI is InChI=1S/C18H23N3O2/c22-18(16-4-2-6-20-11-16)8-15-7-17(12-21-10-15)23-13-14-3-1-5-19-9-14/h1-6,9,11,15,17-18,21-22H,7-8,10,12-13H2. The summed E-state index contributed by atoms with van der Waals surface area (Å²) in [6.07, 6.45) is 8.46. The normalized spacial score (nSPS) is 22.7. The van der Waals surface area contributed by atoms with Crippen molar-refractivity contribution in [1.29, 1.82) is 0 Å². The Morgan fingerprint density at radius 3 is 2.74 bits per heavy atom. The molecule has 0 aliphatic carbocycles. The van der Waals surface area contributed by atoms with Crippen LogP contribution in [0.15, 0.2) is 49.1 Å². The summed E-state index contributed by atoms with van der Waals surface area (Å²) in [5.41, 5.74) is 1.97. The van der Waals surface area contributed by atoms with Gasteiger partial charge in [-0.3, -0.25) is 9.97 Å². The molecule has 1 aliphatic rings. The van der Waals surface area contributed by atoms with E-state index in [4.69, 9.17) is 4.74 Å². The Hall–Kier alpha value is -1.82. The summed E-state index contributed by atoms with van der Waals surface area (Å²) in [5.74, 6) is 0.401. The maximum absolute atomic E-state index is 10.4. The lowest BCUT2D eigenvalue weighted by atomic mass is 9.90. The van der Waals surface area contributed by atoms with Crippen molar-refractivity contribution in [2.24, 2.45) is 5.92 Å². The number of aromatic nitrogens is 2. The van der Waals surface area contributed by atoms with Crippen molar-refractivity contribution in [3.8, 4) is 0 Å². The molecule has 5 heteroatoms. The van der Waals surface area contributed by atoms with Gasteiger partial charge in [-0.1, -0.05) is 12.1 Å². The van der Waals surface area contributed by atoms with Crippen LogP contribution in [0.1, 0.15) is 30.1 Å². The van der Waals surface area contributed by atoms with Crippen LogP contribution >= 0.6 is 0 Å². The predicted molar refractivity (Wildman–Crippen MR) is 87.6 cm³/mol. The van der Waals surface area contributed by atoms with Crippen LogP contribution in [0.5, 0.6) is 0 Å². The van der Waals surface area contributed by atoms with Crippen molar-refractivity contribution < 1.29 is 9.84 Å². The van der Waals surface area contributed by atoms with Gasteiger partial charge in [-0.25, -0.2) is 0 Å². The van der Waals surface area contributed by atoms with Crippen molar-refractivity contribution in [2.45, 2.75) is 31.7 Å². The minimum absolute atomic E-state index is 0.176. The minimum atomic E-state index is -0.465. The molecule has 3 unspecified atom stereocenters. The summed E-state index contributed by atoms with van der Waals surface area (Å²) in [4.78, 5) is 8.17. The molecule has 23 heavy (non-hydrogen) atoms. The average molecular weight is 313 g/mol. The smallest absolute Gasteiger partial charge is 0.0808 e. The number of rotatable bonds is 6. The van der Waals surface area contributed by atoms with Gasteiger partial charge in [-0.05, 0) is 48.6 Å². The highest BCUT2D eigenvalue weighted by Gasteiger charge is 2.24. The van der Waals surface area contributed by atoms with Gasteiger partial charge >= 0.3 is 0 Å². The van der Waals surface area contributed by atoms with Crippen LogP contribution in [-0.4, -0.2) is 34.3 Å². The largest absolute Gasteiger partial charge is 0.388 e. The van der Waals surface area contributed by atoms with Gasteiger partial charge < -0.3 is 15.2 Å². The molecule has 3 rings (SSSR count). The third-order valence-electron chi connectivity index (χ3n) is 4.24. The number of ether oxygens (including phenoxy) is 1. The summed E-state index contributed by atoms with van der Waals surface area (Å²) in [6.45, 7) is 2.36. The quantitative estimate of drug-likeness (QED) is 0.855. The fourth-order valence-corrected chi connectivity index (χ4v) is 3.02. The summed E-state index contributed by atoms with van der Waals surface area (Å²) >= 11 is 0. The lowest BCUT2D eigenvalue weighted by Gasteiger charge is -2.31. The summed E-state index contributed by atoms with van der Waals surface area (Å²) < 4.78 is 5.99. The van der Waals surface area contributed by atoms with Crippen LogP contribution in [0.2, 0.25) is 0 Å². The number of hydrogen-bond donors (Lipinski definition) is 2. The number of aliphatic hydroxyl groups is 1. The van der Waals surface area contributed by atoms with E-state index in [2.05, 4.69) is 15.3 Å². The Labute approximate surface area is 136 Å². The molecule has 0 spiro atoms. The van der Waals surface area contributed by atoms with Crippen LogP contribution in [0.3, 0.4) is 0 Å². The van der Waals surface area contributed by atoms with Gasteiger partial charge in [0.15, 0.2) is 0 Å². The van der Waals surface area contributed by atoms with Crippen molar-refractivity contribution in [3.05, 3.63) is 60.2 Å². The third kappa shape index (κ3) is 4.82. The highest BCUT2D eigenvalue weighted by molar-refractivity contribution is 5.12. The third-order valence-corrected chi connectivity index (χ3v) is 4.24. The monoisotopic (exact) mass is 313 g/mol. The van der Waals surface area contributed by atoms with Gasteiger partial charge in [0.1, 0.15) is 0 Å². The molecule has 1 fully saturated rings. The Kier molecular flexibility index (Phi) is 5.69. The predicted octanol–water partition coefficient (Wildman–Crippen LogP) is 2.09. The summed E-state index contributed by atoms with van der Waals surface area (Å²) in [5, 5.41) is 13.8. The molecule has 2 aromatic heterocycles. The highest BCUT2D eigenvalue weighted by Crippen LogP contribution is 2.26. The zero-order valence-corrected chi connectivity index (χ0v) is 13.1. The van der Waals surface area contributed by atoms with Crippen LogP contribution < -0.4 is 5.32 Å². The molecule has 2 aromatic rings. The van der Waals surface area contributed by atoms with Crippen molar-refractivity contribution in [1.82, 2.24) is 15.3 Å². The molecule has 1 saturated heterocycles. The van der Waals surface area contributed by atoms with Crippen molar-refractivity contribution in [2.75, 3.05) is 13.1 Å². The van der Waals surface area contributed by atoms with E-state index in [1.54, 1.807) is 18.6 Å². The van der Waals surface area contributed by atoms with E-state index in [0.29, 0.717) is 12.5 Å². The number of pyridine rings is 2. The van der Waals surface area contributed by atoms with E-state index in [0.717, 1.165) is 37.1 Å². The number of piperidine rings is 1. The Morgan fingerprint density at radius 1 is 1.17 bits per heavy atom. The van der Waals surface area contributed by atoms with Gasteiger partial charge in [0.25, 0.3) is 0 Å². The first-order chi connectivity index (χ1) is 11.3. The fourth-order valence-electron chi connectivity index (χ4n) is 3.02. The van der Waals surface area contributed by atoms with Gasteiger partial charge in [-0.15, -0.1) is 0 Å². The maximum atomic E-state index is 10.4. The molecule has 3 atom stereocenters. The van der Waals surface area contributed by atoms with Crippen LogP contribution in [0, 0.1) is 5.92 Å². The van der Waals surface area contributed by atoms with Crippen LogP contribution in [0.25, 0.3) is 0 Å². The molecule has 122 valence electrons. The van der Waals surface area contributed by atoms with Gasteiger partial charge in [0.05, 0.1) is 18.8 Å². The zero-order chi connectivity index (χ0) is 15.9. The Morgan fingerprint density at radius 2 is 2.00 bits per heavy atom. The molecular formula is C18H23N3O2. The van der Waals surface area contributed by atoms with E-state index < -0.39 is 6.10 Å². The average Bonchev–Trinajstić information content (AvgIpc) is 2.62. The second-order valence-corrected chi connectivity index (χ2v) is 6.09. The minimum Gasteiger partial charge on any atom is -0.388 e. The molecule has 1 aliphatic heterocycles. The molecule has 5 nitrogen and oxygen atoms in total. The highest BCUT2D eigenvalue weighted by atomic mass is 16.5. The van der Waals surface area contributed by atoms with E-state index in [1.165, 1.54) is 0 Å². The molecule has 0 saturated carbocycles. The first-order valence-corrected chi connectivity index (χ1v) is 8.10. The fraction of sp³-hybridized carbons (Fsp3) is 0.444. The van der Waals surface area contributed by atoms with E-state index >= 15 is 0 Å². The van der Waals surface area contributed by atoms with Crippen molar-refractivity contribution >= 4 is 0 Å². The molecule has 0 bridgehead atoms. The molecular weight excluding hydrogens is 290 g/mol. The van der Waals surface area contributed by atoms with E-state index in [1.807, 2.05) is 30.5 Å². The lowest BCUT2D eigenvalue weighted by Crippen LogP contribution is -2.41. The second kappa shape index (κ2) is 8.15. The Bertz CT molecular complexity index is 579. The summed E-state index contributed by atoms with van der Waals surface area (Å²) in [7, 11) is 0. The van der Waals surface area contributed by atoms with Gasteiger partial charge in [0.2, 0.25) is 0 Å². The number of nitrogens with zero attached hydrogens (tertiary/aromatic N) is 2. The second-order valence-electron chi connectivity index (χ2n) is 6.09. The van der Waals surface area contributed by atoms with E-state index in [9.17, 15) is 5.11 Å². The molecule has 0 aromatic carbocycles. The first-order valence-electron chi connectivity index (χ1n) is 8.10. The zero-order valence-electron chi connectivity index (χ0n) is 13.1. The molecule has 0 radical (unpaired) electrons. The Balaban J connectivity index is 1.48. The number of hydrogen-bond acceptors (Lipinski definition) is 5. The van der Waals surface area contributed by atoms with Crippen molar-refractivity contribution in [3.63, 3.8) is 0 Å². The number of nitrogens with one attached hydrogen (secondary N) is 1. The number of aliphatic hydroxyl groups excluding tert-OH is 1. The maximum Gasteiger partial charge on any atom is 0.0808 e. The van der Waals surface area contributed by atoms with E-state index in [-0.39, 0.29) is 6.10 Å². The first kappa shape index (κ1) is 16.1. The topological polar surface area (TPSA) is 67.3 Å². The molecule has 3 heterocycles. The van der Waals surface area contributed by atoms with Gasteiger partial charge in [0, 0.05) is 31.3 Å². The van der Waals surface area contributed by atoms with Gasteiger partial charge in [-0.2, -0.15) is 0 Å². The molecule has 0 amide bonds. The SMILES string of the molecule is OC(CC1CNCC(OCc2cccnc2)C1)c1cccnc1. The summed E-state index contributed by atoms with van der Waals surface area (Å²) in [6, 6.07) is 7.72.